The topological polar surface area (TPSA) is 35.2 Å². The van der Waals surface area contributed by atoms with E-state index < -0.39 is 0 Å². The van der Waals surface area contributed by atoms with E-state index in [-0.39, 0.29) is 5.92 Å². The molecule has 0 aliphatic heterocycles. The van der Waals surface area contributed by atoms with Gasteiger partial charge in [-0.25, -0.2) is 0 Å². The quantitative estimate of drug-likeness (QED) is 0.570. The molecular weight excluding hydrogens is 254 g/mol. The monoisotopic (exact) mass is 279 g/mol. The van der Waals surface area contributed by atoms with E-state index >= 15 is 0 Å². The van der Waals surface area contributed by atoms with Gasteiger partial charge >= 0.3 is 0 Å². The molecule has 2 atom stereocenters. The summed E-state index contributed by atoms with van der Waals surface area (Å²) in [5, 5.41) is 0. The van der Waals surface area contributed by atoms with Crippen LogP contribution >= 0.6 is 12.2 Å². The molecule has 2 nitrogen and oxygen atoms in total. The van der Waals surface area contributed by atoms with Crippen molar-refractivity contribution in [3.8, 4) is 5.75 Å². The van der Waals surface area contributed by atoms with E-state index in [1.54, 1.807) is 0 Å². The van der Waals surface area contributed by atoms with Crippen LogP contribution in [0.25, 0.3) is 0 Å². The number of ether oxygens (including phenoxy) is 1. The Morgan fingerprint density at radius 3 is 2.37 bits per heavy atom. The SMILES string of the molecule is CCCCCOc1ccc(C(C)C(C)C(N)=S)cc1. The normalized spacial score (nSPS) is 13.8. The Morgan fingerprint density at radius 2 is 1.84 bits per heavy atom. The first-order chi connectivity index (χ1) is 9.06. The Balaban J connectivity index is 2.53. The van der Waals surface area contributed by atoms with Crippen LogP contribution in [-0.2, 0) is 0 Å². The summed E-state index contributed by atoms with van der Waals surface area (Å²) in [6, 6.07) is 8.28. The van der Waals surface area contributed by atoms with Crippen molar-refractivity contribution in [2.45, 2.75) is 46.0 Å². The third kappa shape index (κ3) is 5.19. The minimum Gasteiger partial charge on any atom is -0.494 e. The van der Waals surface area contributed by atoms with Gasteiger partial charge in [-0.05, 0) is 30.0 Å². The van der Waals surface area contributed by atoms with E-state index in [2.05, 4.69) is 32.9 Å². The molecule has 2 N–H and O–H groups in total. The molecule has 0 bridgehead atoms. The highest BCUT2D eigenvalue weighted by molar-refractivity contribution is 7.80. The molecule has 0 aromatic heterocycles. The van der Waals surface area contributed by atoms with Crippen molar-refractivity contribution in [2.75, 3.05) is 6.61 Å². The van der Waals surface area contributed by atoms with Gasteiger partial charge in [-0.1, -0.05) is 58.0 Å². The lowest BCUT2D eigenvalue weighted by Crippen LogP contribution is -2.23. The average molecular weight is 279 g/mol. The fourth-order valence-electron chi connectivity index (χ4n) is 1.94. The molecule has 0 saturated carbocycles. The predicted molar refractivity (Wildman–Crippen MR) is 85.8 cm³/mol. The first kappa shape index (κ1) is 16.0. The Bertz CT molecular complexity index is 388. The molecule has 0 aliphatic rings. The van der Waals surface area contributed by atoms with Gasteiger partial charge in [-0.2, -0.15) is 0 Å². The lowest BCUT2D eigenvalue weighted by molar-refractivity contribution is 0.306. The molecule has 2 unspecified atom stereocenters. The Morgan fingerprint density at radius 1 is 1.21 bits per heavy atom. The minimum absolute atomic E-state index is 0.214. The highest BCUT2D eigenvalue weighted by Crippen LogP contribution is 2.26. The van der Waals surface area contributed by atoms with Gasteiger partial charge < -0.3 is 10.5 Å². The summed E-state index contributed by atoms with van der Waals surface area (Å²) in [5.41, 5.74) is 6.96. The van der Waals surface area contributed by atoms with Crippen LogP contribution in [0.15, 0.2) is 24.3 Å². The Kier molecular flexibility index (Phi) is 6.85. The van der Waals surface area contributed by atoms with Gasteiger partial charge in [0.25, 0.3) is 0 Å². The largest absolute Gasteiger partial charge is 0.494 e. The third-order valence-electron chi connectivity index (χ3n) is 3.62. The molecule has 1 aromatic rings. The fraction of sp³-hybridized carbons (Fsp3) is 0.562. The summed E-state index contributed by atoms with van der Waals surface area (Å²) in [6.45, 7) is 7.22. The second-order valence-electron chi connectivity index (χ2n) is 5.10. The lowest BCUT2D eigenvalue weighted by atomic mass is 9.89. The van der Waals surface area contributed by atoms with Crippen molar-refractivity contribution in [1.29, 1.82) is 0 Å². The smallest absolute Gasteiger partial charge is 0.119 e. The van der Waals surface area contributed by atoms with Gasteiger partial charge in [0.15, 0.2) is 0 Å². The molecule has 0 amide bonds. The molecule has 106 valence electrons. The Hall–Kier alpha value is -1.09. The van der Waals surface area contributed by atoms with Gasteiger partial charge in [-0.3, -0.25) is 0 Å². The zero-order valence-electron chi connectivity index (χ0n) is 12.2. The molecular formula is C16H25NOS. The number of rotatable bonds is 8. The highest BCUT2D eigenvalue weighted by Gasteiger charge is 2.16. The molecule has 0 fully saturated rings. The number of nitrogens with two attached hydrogens (primary N) is 1. The van der Waals surface area contributed by atoms with Crippen molar-refractivity contribution < 1.29 is 4.74 Å². The van der Waals surface area contributed by atoms with Crippen molar-refractivity contribution in [3.63, 3.8) is 0 Å². The molecule has 19 heavy (non-hydrogen) atoms. The van der Waals surface area contributed by atoms with Crippen LogP contribution in [0.3, 0.4) is 0 Å². The molecule has 0 heterocycles. The van der Waals surface area contributed by atoms with E-state index in [4.69, 9.17) is 22.7 Å². The predicted octanol–water partition coefficient (Wildman–Crippen LogP) is 4.28. The average Bonchev–Trinajstić information content (AvgIpc) is 2.42. The van der Waals surface area contributed by atoms with Crippen molar-refractivity contribution in [2.24, 2.45) is 11.7 Å². The second-order valence-corrected chi connectivity index (χ2v) is 5.58. The van der Waals surface area contributed by atoms with Crippen LogP contribution < -0.4 is 10.5 Å². The molecule has 3 heteroatoms. The van der Waals surface area contributed by atoms with E-state index in [1.807, 2.05) is 12.1 Å². The Labute approximate surface area is 122 Å². The van der Waals surface area contributed by atoms with E-state index in [0.29, 0.717) is 10.9 Å². The molecule has 0 spiro atoms. The molecule has 0 saturated heterocycles. The van der Waals surface area contributed by atoms with Crippen LogP contribution in [-0.4, -0.2) is 11.6 Å². The van der Waals surface area contributed by atoms with Crippen molar-refractivity contribution in [3.05, 3.63) is 29.8 Å². The number of hydrogen-bond donors (Lipinski definition) is 1. The van der Waals surface area contributed by atoms with Crippen LogP contribution in [0.4, 0.5) is 0 Å². The van der Waals surface area contributed by atoms with Gasteiger partial charge in [-0.15, -0.1) is 0 Å². The lowest BCUT2D eigenvalue weighted by Gasteiger charge is -2.19. The standard InChI is InChI=1S/C16H25NOS/c1-4-5-6-11-18-15-9-7-14(8-10-15)12(2)13(3)16(17)19/h7-10,12-13H,4-6,11H2,1-3H3,(H2,17,19). The van der Waals surface area contributed by atoms with Crippen molar-refractivity contribution >= 4 is 17.2 Å². The summed E-state index contributed by atoms with van der Waals surface area (Å²) in [7, 11) is 0. The first-order valence-corrected chi connectivity index (χ1v) is 7.49. The van der Waals surface area contributed by atoms with Gasteiger partial charge in [0.1, 0.15) is 5.75 Å². The zero-order chi connectivity index (χ0) is 14.3. The summed E-state index contributed by atoms with van der Waals surface area (Å²) >= 11 is 5.06. The maximum Gasteiger partial charge on any atom is 0.119 e. The number of hydrogen-bond acceptors (Lipinski definition) is 2. The molecule has 1 rings (SSSR count). The summed E-state index contributed by atoms with van der Waals surface area (Å²) in [6.07, 6.45) is 3.56. The van der Waals surface area contributed by atoms with Gasteiger partial charge in [0.05, 0.1) is 11.6 Å². The van der Waals surface area contributed by atoms with Crippen LogP contribution in [0.5, 0.6) is 5.75 Å². The molecule has 1 aromatic carbocycles. The zero-order valence-corrected chi connectivity index (χ0v) is 13.0. The number of unbranched alkanes of at least 4 members (excludes halogenated alkanes) is 2. The number of benzene rings is 1. The van der Waals surface area contributed by atoms with Crippen LogP contribution in [0.1, 0.15) is 51.5 Å². The fourth-order valence-corrected chi connectivity index (χ4v) is 2.15. The maximum atomic E-state index is 5.71. The van der Waals surface area contributed by atoms with Crippen LogP contribution in [0.2, 0.25) is 0 Å². The van der Waals surface area contributed by atoms with E-state index in [0.717, 1.165) is 18.8 Å². The van der Waals surface area contributed by atoms with E-state index in [1.165, 1.54) is 18.4 Å². The summed E-state index contributed by atoms with van der Waals surface area (Å²) < 4.78 is 5.70. The van der Waals surface area contributed by atoms with Gasteiger partial charge in [0, 0.05) is 5.92 Å². The number of thiocarbonyl (C=S) groups is 1. The van der Waals surface area contributed by atoms with Crippen molar-refractivity contribution in [1.82, 2.24) is 0 Å². The summed E-state index contributed by atoms with van der Waals surface area (Å²) in [5.74, 6) is 1.49. The van der Waals surface area contributed by atoms with E-state index in [9.17, 15) is 0 Å². The van der Waals surface area contributed by atoms with Crippen LogP contribution in [0, 0.1) is 5.92 Å². The molecule has 0 radical (unpaired) electrons. The molecule has 0 aliphatic carbocycles. The minimum atomic E-state index is 0.214. The third-order valence-corrected chi connectivity index (χ3v) is 3.99. The highest BCUT2D eigenvalue weighted by atomic mass is 32.1. The van der Waals surface area contributed by atoms with Gasteiger partial charge in [0.2, 0.25) is 0 Å². The second kappa shape index (κ2) is 8.16. The summed E-state index contributed by atoms with van der Waals surface area (Å²) in [4.78, 5) is 0.576. The first-order valence-electron chi connectivity index (χ1n) is 7.08. The maximum absolute atomic E-state index is 5.71.